The molecule has 0 saturated carbocycles. The highest BCUT2D eigenvalue weighted by Gasteiger charge is 2.08. The Morgan fingerprint density at radius 3 is 2.55 bits per heavy atom. The molecule has 0 heterocycles. The number of benzene rings is 1. The number of halogens is 1. The van der Waals surface area contributed by atoms with Crippen LogP contribution in [-0.2, 0) is 0 Å². The van der Waals surface area contributed by atoms with E-state index in [-0.39, 0.29) is 16.3 Å². The zero-order valence-electron chi connectivity index (χ0n) is 5.41. The van der Waals surface area contributed by atoms with Gasteiger partial charge in [0.2, 0.25) is 0 Å². The van der Waals surface area contributed by atoms with Crippen LogP contribution in [0.3, 0.4) is 0 Å². The minimum Gasteiger partial charge on any atom is -0.504 e. The Morgan fingerprint density at radius 2 is 2.00 bits per heavy atom. The van der Waals surface area contributed by atoms with Crippen LogP contribution < -0.4 is 0 Å². The van der Waals surface area contributed by atoms with Gasteiger partial charge in [0.15, 0.2) is 17.8 Å². The van der Waals surface area contributed by atoms with E-state index in [0.717, 1.165) is 0 Å². The predicted octanol–water partition coefficient (Wildman–Crippen LogP) is 1.56. The van der Waals surface area contributed by atoms with Gasteiger partial charge in [0.05, 0.1) is 5.02 Å². The van der Waals surface area contributed by atoms with Crippen molar-refractivity contribution >= 4 is 17.9 Å². The number of rotatable bonds is 1. The van der Waals surface area contributed by atoms with Gasteiger partial charge in [0.25, 0.3) is 0 Å². The van der Waals surface area contributed by atoms with Crippen molar-refractivity contribution in [1.82, 2.24) is 0 Å². The number of aromatic hydroxyl groups is 2. The van der Waals surface area contributed by atoms with Crippen LogP contribution in [0.15, 0.2) is 12.1 Å². The van der Waals surface area contributed by atoms with Crippen LogP contribution in [-0.4, -0.2) is 16.5 Å². The lowest BCUT2D eigenvalue weighted by Gasteiger charge is -2.00. The van der Waals surface area contributed by atoms with Crippen LogP contribution in [0, 0.1) is 0 Å². The van der Waals surface area contributed by atoms with E-state index in [9.17, 15) is 4.79 Å². The Kier molecular flexibility index (Phi) is 2.01. The van der Waals surface area contributed by atoms with Crippen LogP contribution in [0.25, 0.3) is 0 Å². The maximum absolute atomic E-state index is 10.2. The number of carbonyl (C=O) groups is 1. The third-order valence-corrected chi connectivity index (χ3v) is 1.65. The van der Waals surface area contributed by atoms with E-state index < -0.39 is 5.75 Å². The van der Waals surface area contributed by atoms with Crippen molar-refractivity contribution in [1.29, 1.82) is 0 Å². The van der Waals surface area contributed by atoms with Gasteiger partial charge in [0, 0.05) is 5.56 Å². The highest BCUT2D eigenvalue weighted by Crippen LogP contribution is 2.34. The number of aldehydes is 1. The molecule has 0 aliphatic heterocycles. The molecule has 1 aromatic carbocycles. The van der Waals surface area contributed by atoms with Gasteiger partial charge in [-0.25, -0.2) is 0 Å². The van der Waals surface area contributed by atoms with Crippen molar-refractivity contribution in [3.8, 4) is 11.5 Å². The maximum Gasteiger partial charge on any atom is 0.177 e. The normalized spacial score (nSPS) is 9.55. The van der Waals surface area contributed by atoms with E-state index in [4.69, 9.17) is 21.8 Å². The molecular weight excluding hydrogens is 168 g/mol. The molecule has 0 amide bonds. The molecule has 4 heteroatoms. The summed E-state index contributed by atoms with van der Waals surface area (Å²) in [6, 6.07) is 2.52. The van der Waals surface area contributed by atoms with Crippen molar-refractivity contribution in [3.63, 3.8) is 0 Å². The first kappa shape index (κ1) is 7.88. The Bertz CT molecular complexity index is 296. The molecule has 0 aliphatic rings. The van der Waals surface area contributed by atoms with Crippen LogP contribution >= 0.6 is 11.6 Å². The molecular formula is C7H5ClO3. The van der Waals surface area contributed by atoms with E-state index in [0.29, 0.717) is 6.29 Å². The summed E-state index contributed by atoms with van der Waals surface area (Å²) in [6.07, 6.45) is 0.501. The molecule has 1 rings (SSSR count). The zero-order chi connectivity index (χ0) is 8.43. The standard InChI is InChI=1S/C7H5ClO3/c8-6-4(3-9)1-2-5(10)7(6)11/h1-3,10-11H. The molecule has 0 aliphatic carbocycles. The average molecular weight is 173 g/mol. The second kappa shape index (κ2) is 2.80. The smallest absolute Gasteiger partial charge is 0.177 e. The quantitative estimate of drug-likeness (QED) is 0.499. The van der Waals surface area contributed by atoms with Crippen LogP contribution in [0.5, 0.6) is 11.5 Å². The maximum atomic E-state index is 10.2. The largest absolute Gasteiger partial charge is 0.504 e. The average Bonchev–Trinajstić information content (AvgIpc) is 2.01. The Morgan fingerprint density at radius 1 is 1.36 bits per heavy atom. The molecule has 0 bridgehead atoms. The number of carbonyl (C=O) groups excluding carboxylic acids is 1. The van der Waals surface area contributed by atoms with Crippen molar-refractivity contribution in [2.75, 3.05) is 0 Å². The van der Waals surface area contributed by atoms with E-state index in [2.05, 4.69) is 0 Å². The first-order chi connectivity index (χ1) is 5.16. The van der Waals surface area contributed by atoms with Crippen LogP contribution in [0.1, 0.15) is 10.4 Å². The van der Waals surface area contributed by atoms with Gasteiger partial charge in [-0.2, -0.15) is 0 Å². The summed E-state index contributed by atoms with van der Waals surface area (Å²) in [4.78, 5) is 10.2. The second-order valence-electron chi connectivity index (χ2n) is 1.95. The van der Waals surface area contributed by atoms with E-state index in [1.165, 1.54) is 12.1 Å². The number of phenolic OH excluding ortho intramolecular Hbond substituents is 2. The summed E-state index contributed by atoms with van der Waals surface area (Å²) in [6.45, 7) is 0. The minimum absolute atomic E-state index is 0.125. The fourth-order valence-corrected chi connectivity index (χ4v) is 0.865. The molecule has 0 atom stereocenters. The highest BCUT2D eigenvalue weighted by atomic mass is 35.5. The van der Waals surface area contributed by atoms with E-state index >= 15 is 0 Å². The van der Waals surface area contributed by atoms with Crippen LogP contribution in [0.4, 0.5) is 0 Å². The monoisotopic (exact) mass is 172 g/mol. The molecule has 0 saturated heterocycles. The summed E-state index contributed by atoms with van der Waals surface area (Å²) < 4.78 is 0. The van der Waals surface area contributed by atoms with Gasteiger partial charge >= 0.3 is 0 Å². The Hall–Kier alpha value is -1.22. The van der Waals surface area contributed by atoms with Crippen molar-refractivity contribution in [3.05, 3.63) is 22.7 Å². The molecule has 2 N–H and O–H groups in total. The Balaban J connectivity index is 3.36. The summed E-state index contributed by atoms with van der Waals surface area (Å²) in [5.74, 6) is -0.795. The van der Waals surface area contributed by atoms with Gasteiger partial charge in [0.1, 0.15) is 0 Å². The van der Waals surface area contributed by atoms with E-state index in [1.807, 2.05) is 0 Å². The summed E-state index contributed by atoms with van der Waals surface area (Å²) in [7, 11) is 0. The van der Waals surface area contributed by atoms with Gasteiger partial charge in [-0.3, -0.25) is 4.79 Å². The summed E-state index contributed by atoms with van der Waals surface area (Å²) in [5, 5.41) is 17.7. The topological polar surface area (TPSA) is 57.5 Å². The molecule has 11 heavy (non-hydrogen) atoms. The zero-order valence-corrected chi connectivity index (χ0v) is 6.17. The lowest BCUT2D eigenvalue weighted by molar-refractivity contribution is 0.112. The van der Waals surface area contributed by atoms with Crippen LogP contribution in [0.2, 0.25) is 5.02 Å². The number of hydrogen-bond donors (Lipinski definition) is 2. The molecule has 0 fully saturated rings. The first-order valence-electron chi connectivity index (χ1n) is 2.82. The molecule has 58 valence electrons. The highest BCUT2D eigenvalue weighted by molar-refractivity contribution is 6.34. The predicted molar refractivity (Wildman–Crippen MR) is 40.2 cm³/mol. The summed E-state index contributed by atoms with van der Waals surface area (Å²) in [5.41, 5.74) is 0.155. The molecule has 0 aromatic heterocycles. The van der Waals surface area contributed by atoms with Gasteiger partial charge in [-0.15, -0.1) is 0 Å². The van der Waals surface area contributed by atoms with Gasteiger partial charge in [-0.05, 0) is 12.1 Å². The summed E-state index contributed by atoms with van der Waals surface area (Å²) >= 11 is 5.46. The number of hydrogen-bond acceptors (Lipinski definition) is 3. The molecule has 0 unspecified atom stereocenters. The van der Waals surface area contributed by atoms with Crippen molar-refractivity contribution in [2.45, 2.75) is 0 Å². The fraction of sp³-hybridized carbons (Fsp3) is 0. The molecule has 1 aromatic rings. The third-order valence-electron chi connectivity index (χ3n) is 1.25. The number of phenols is 2. The molecule has 3 nitrogen and oxygen atoms in total. The second-order valence-corrected chi connectivity index (χ2v) is 2.33. The van der Waals surface area contributed by atoms with Gasteiger partial charge in [-0.1, -0.05) is 11.6 Å². The fourth-order valence-electron chi connectivity index (χ4n) is 0.661. The third kappa shape index (κ3) is 1.28. The van der Waals surface area contributed by atoms with Crippen molar-refractivity contribution < 1.29 is 15.0 Å². The SMILES string of the molecule is O=Cc1ccc(O)c(O)c1Cl. The lowest BCUT2D eigenvalue weighted by Crippen LogP contribution is -1.81. The van der Waals surface area contributed by atoms with Crippen molar-refractivity contribution in [2.24, 2.45) is 0 Å². The molecule has 0 radical (unpaired) electrons. The first-order valence-corrected chi connectivity index (χ1v) is 3.20. The van der Waals surface area contributed by atoms with E-state index in [1.54, 1.807) is 0 Å². The van der Waals surface area contributed by atoms with Gasteiger partial charge < -0.3 is 10.2 Å². The molecule has 0 spiro atoms. The lowest BCUT2D eigenvalue weighted by atomic mass is 10.2. The minimum atomic E-state index is -0.462. The Labute approximate surface area is 67.8 Å².